The molecule has 4 nitrogen and oxygen atoms in total. The molecule has 0 aromatic heterocycles. The van der Waals surface area contributed by atoms with Gasteiger partial charge in [-0.05, 0) is 27.3 Å². The lowest BCUT2D eigenvalue weighted by molar-refractivity contribution is 0.0149. The maximum absolute atomic E-state index is 11.7. The molecule has 0 N–H and O–H groups in total. The number of ether oxygens (including phenoxy) is 1. The van der Waals surface area contributed by atoms with Crippen molar-refractivity contribution in [2.75, 3.05) is 32.7 Å². The molecule has 0 aromatic rings. The Hall–Kier alpha value is -0.770. The molecule has 0 radical (unpaired) electrons. The zero-order chi connectivity index (χ0) is 15.5. The fourth-order valence-corrected chi connectivity index (χ4v) is 1.57. The molecule has 0 saturated carbocycles. The number of rotatable bonds is 1. The lowest BCUT2D eigenvalue weighted by atomic mass is 10.2. The monoisotopic (exact) mass is 274 g/mol. The van der Waals surface area contributed by atoms with Gasteiger partial charge in [0.1, 0.15) is 5.60 Å². The molecule has 0 atom stereocenters. The molecule has 4 heteroatoms. The van der Waals surface area contributed by atoms with Gasteiger partial charge in [-0.15, -0.1) is 0 Å². The van der Waals surface area contributed by atoms with Gasteiger partial charge >= 0.3 is 6.09 Å². The first-order valence-electron chi connectivity index (χ1n) is 7.62. The molecule has 0 spiro atoms. The summed E-state index contributed by atoms with van der Waals surface area (Å²) in [4.78, 5) is 15.8. The van der Waals surface area contributed by atoms with E-state index in [4.69, 9.17) is 4.74 Å². The standard InChI is InChI=1S/C11H22N2O2.2C2H6/c1-5-12-6-8-13(9-7-12)10(14)15-11(2,3)4;2*1-2/h5-9H2,1-4H3;2*1-2H3. The average Bonchev–Trinajstić information content (AvgIpc) is 2.41. The van der Waals surface area contributed by atoms with Crippen LogP contribution in [0.3, 0.4) is 0 Å². The highest BCUT2D eigenvalue weighted by atomic mass is 16.6. The second-order valence-electron chi connectivity index (χ2n) is 4.90. The van der Waals surface area contributed by atoms with Crippen LogP contribution in [-0.2, 0) is 4.74 Å². The van der Waals surface area contributed by atoms with Crippen LogP contribution in [0.5, 0.6) is 0 Å². The number of nitrogens with zero attached hydrogens (tertiary/aromatic N) is 2. The SMILES string of the molecule is CC.CC.CCN1CCN(C(=O)OC(C)(C)C)CC1. The Bertz CT molecular complexity index is 217. The Morgan fingerprint density at radius 2 is 1.42 bits per heavy atom. The lowest BCUT2D eigenvalue weighted by Crippen LogP contribution is -2.49. The van der Waals surface area contributed by atoms with Crippen molar-refractivity contribution in [2.45, 2.75) is 61.0 Å². The summed E-state index contributed by atoms with van der Waals surface area (Å²) in [5.41, 5.74) is -0.390. The minimum Gasteiger partial charge on any atom is -0.444 e. The van der Waals surface area contributed by atoms with Crippen molar-refractivity contribution in [1.29, 1.82) is 0 Å². The molecule has 1 rings (SSSR count). The number of hydrogen-bond acceptors (Lipinski definition) is 3. The number of hydrogen-bond donors (Lipinski definition) is 0. The van der Waals surface area contributed by atoms with Crippen LogP contribution in [0.1, 0.15) is 55.4 Å². The van der Waals surface area contributed by atoms with Crippen LogP contribution in [0.25, 0.3) is 0 Å². The quantitative estimate of drug-likeness (QED) is 0.732. The van der Waals surface area contributed by atoms with Crippen molar-refractivity contribution in [3.05, 3.63) is 0 Å². The minimum absolute atomic E-state index is 0.182. The van der Waals surface area contributed by atoms with Gasteiger partial charge in [-0.1, -0.05) is 34.6 Å². The minimum atomic E-state index is -0.390. The zero-order valence-corrected chi connectivity index (χ0v) is 14.2. The molecule has 0 aromatic carbocycles. The highest BCUT2D eigenvalue weighted by Gasteiger charge is 2.24. The van der Waals surface area contributed by atoms with Gasteiger partial charge in [0.25, 0.3) is 0 Å². The van der Waals surface area contributed by atoms with Crippen LogP contribution in [0.4, 0.5) is 4.79 Å². The van der Waals surface area contributed by atoms with E-state index < -0.39 is 0 Å². The predicted octanol–water partition coefficient (Wildman–Crippen LogP) is 3.61. The molecule has 0 aliphatic carbocycles. The number of carbonyl (C=O) groups is 1. The van der Waals surface area contributed by atoms with Gasteiger partial charge in [-0.3, -0.25) is 0 Å². The van der Waals surface area contributed by atoms with Crippen molar-refractivity contribution in [2.24, 2.45) is 0 Å². The fourth-order valence-electron chi connectivity index (χ4n) is 1.57. The largest absolute Gasteiger partial charge is 0.444 e. The highest BCUT2D eigenvalue weighted by molar-refractivity contribution is 5.68. The third kappa shape index (κ3) is 9.77. The summed E-state index contributed by atoms with van der Waals surface area (Å²) < 4.78 is 5.31. The molecule has 0 bridgehead atoms. The molecule has 1 aliphatic rings. The lowest BCUT2D eigenvalue weighted by Gasteiger charge is -2.35. The van der Waals surface area contributed by atoms with Gasteiger partial charge in [0.15, 0.2) is 0 Å². The molecule has 1 amide bonds. The molecule has 116 valence electrons. The van der Waals surface area contributed by atoms with Gasteiger partial charge in [0.05, 0.1) is 0 Å². The van der Waals surface area contributed by atoms with Crippen LogP contribution >= 0.6 is 0 Å². The van der Waals surface area contributed by atoms with Crippen molar-refractivity contribution in [3.8, 4) is 0 Å². The van der Waals surface area contributed by atoms with Gasteiger partial charge in [-0.25, -0.2) is 4.79 Å². The summed E-state index contributed by atoms with van der Waals surface area (Å²) in [6.45, 7) is 20.4. The number of amides is 1. The molecule has 1 aliphatic heterocycles. The van der Waals surface area contributed by atoms with Gasteiger partial charge in [0.2, 0.25) is 0 Å². The van der Waals surface area contributed by atoms with Crippen LogP contribution < -0.4 is 0 Å². The van der Waals surface area contributed by atoms with Gasteiger partial charge in [0, 0.05) is 26.2 Å². The Labute approximate surface area is 120 Å². The predicted molar refractivity (Wildman–Crippen MR) is 82.6 cm³/mol. The second-order valence-corrected chi connectivity index (χ2v) is 4.90. The third-order valence-electron chi connectivity index (χ3n) is 2.47. The third-order valence-corrected chi connectivity index (χ3v) is 2.47. The average molecular weight is 274 g/mol. The molecular weight excluding hydrogens is 240 g/mol. The van der Waals surface area contributed by atoms with Crippen molar-refractivity contribution in [3.63, 3.8) is 0 Å². The summed E-state index contributed by atoms with van der Waals surface area (Å²) >= 11 is 0. The van der Waals surface area contributed by atoms with E-state index in [1.807, 2.05) is 48.5 Å². The van der Waals surface area contributed by atoms with Crippen LogP contribution in [0.2, 0.25) is 0 Å². The topological polar surface area (TPSA) is 32.8 Å². The van der Waals surface area contributed by atoms with Gasteiger partial charge in [-0.2, -0.15) is 0 Å². The maximum Gasteiger partial charge on any atom is 0.410 e. The number of carbonyl (C=O) groups excluding carboxylic acids is 1. The fraction of sp³-hybridized carbons (Fsp3) is 0.933. The smallest absolute Gasteiger partial charge is 0.410 e. The first-order chi connectivity index (χ1) is 8.92. The Balaban J connectivity index is 0. The van der Waals surface area contributed by atoms with E-state index in [1.54, 1.807) is 4.90 Å². The van der Waals surface area contributed by atoms with E-state index in [2.05, 4.69) is 11.8 Å². The Kier molecular flexibility index (Phi) is 12.0. The molecule has 19 heavy (non-hydrogen) atoms. The summed E-state index contributed by atoms with van der Waals surface area (Å²) in [7, 11) is 0. The Morgan fingerprint density at radius 3 is 1.74 bits per heavy atom. The Morgan fingerprint density at radius 1 is 1.00 bits per heavy atom. The molecular formula is C15H34N2O2. The maximum atomic E-state index is 11.7. The normalized spacial score (nSPS) is 15.7. The van der Waals surface area contributed by atoms with Gasteiger partial charge < -0.3 is 14.5 Å². The molecule has 0 unspecified atom stereocenters. The zero-order valence-electron chi connectivity index (χ0n) is 14.2. The first kappa shape index (κ1) is 20.5. The summed E-state index contributed by atoms with van der Waals surface area (Å²) in [5.74, 6) is 0. The van der Waals surface area contributed by atoms with E-state index in [0.29, 0.717) is 0 Å². The number of likely N-dealkylation sites (N-methyl/N-ethyl adjacent to an activating group) is 1. The number of piperazine rings is 1. The van der Waals surface area contributed by atoms with Crippen molar-refractivity contribution in [1.82, 2.24) is 9.80 Å². The van der Waals surface area contributed by atoms with E-state index in [1.165, 1.54) is 0 Å². The molecule has 1 saturated heterocycles. The van der Waals surface area contributed by atoms with E-state index in [9.17, 15) is 4.79 Å². The van der Waals surface area contributed by atoms with E-state index >= 15 is 0 Å². The summed E-state index contributed by atoms with van der Waals surface area (Å²) in [6, 6.07) is 0. The van der Waals surface area contributed by atoms with Crippen LogP contribution in [-0.4, -0.2) is 54.2 Å². The van der Waals surface area contributed by atoms with Crippen molar-refractivity contribution >= 4 is 6.09 Å². The highest BCUT2D eigenvalue weighted by Crippen LogP contribution is 2.11. The molecule has 1 heterocycles. The summed E-state index contributed by atoms with van der Waals surface area (Å²) in [5, 5.41) is 0. The summed E-state index contributed by atoms with van der Waals surface area (Å²) in [6.07, 6.45) is -0.182. The van der Waals surface area contributed by atoms with Crippen LogP contribution in [0, 0.1) is 0 Å². The van der Waals surface area contributed by atoms with E-state index in [0.717, 1.165) is 32.7 Å². The second kappa shape index (κ2) is 11.1. The van der Waals surface area contributed by atoms with Crippen molar-refractivity contribution < 1.29 is 9.53 Å². The first-order valence-corrected chi connectivity index (χ1v) is 7.62. The molecule has 1 fully saturated rings. The van der Waals surface area contributed by atoms with E-state index in [-0.39, 0.29) is 11.7 Å². The van der Waals surface area contributed by atoms with Crippen LogP contribution in [0.15, 0.2) is 0 Å².